The number of carbonyl (C=O) groups is 1. The zero-order valence-electron chi connectivity index (χ0n) is 44.1. The van der Waals surface area contributed by atoms with Crippen LogP contribution in [0.25, 0.3) is 0 Å². The number of aliphatic hydroxyl groups excluding tert-OH is 7. The van der Waals surface area contributed by atoms with Gasteiger partial charge in [-0.15, -0.1) is 0 Å². The minimum absolute atomic E-state index is 0.0147. The summed E-state index contributed by atoms with van der Waals surface area (Å²) >= 11 is 0. The van der Waals surface area contributed by atoms with Crippen LogP contribution in [0.4, 0.5) is 0 Å². The van der Waals surface area contributed by atoms with Crippen LogP contribution in [-0.4, -0.2) is 142 Å². The third kappa shape index (κ3) is 31.8. The van der Waals surface area contributed by atoms with E-state index >= 15 is 0 Å². The van der Waals surface area contributed by atoms with Crippen molar-refractivity contribution in [2.75, 3.05) is 33.0 Å². The molecule has 2 fully saturated rings. The molecule has 0 aromatic rings. The quantitative estimate of drug-likeness (QED) is 0.0173. The molecule has 0 aromatic carbocycles. The predicted octanol–water partition coefficient (Wildman–Crippen LogP) is 8.96. The highest BCUT2D eigenvalue weighted by atomic mass is 16.7. The molecule has 0 aromatic heterocycles. The van der Waals surface area contributed by atoms with Gasteiger partial charge in [-0.1, -0.05) is 155 Å². The fourth-order valence-corrected chi connectivity index (χ4v) is 7.63. The molecule has 414 valence electrons. The number of esters is 1. The summed E-state index contributed by atoms with van der Waals surface area (Å²) in [4.78, 5) is 13.0. The van der Waals surface area contributed by atoms with E-state index in [1.165, 1.54) is 0 Å². The van der Waals surface area contributed by atoms with Gasteiger partial charge in [0.25, 0.3) is 0 Å². The number of hydrogen-bond donors (Lipinski definition) is 7. The van der Waals surface area contributed by atoms with E-state index in [4.69, 9.17) is 28.4 Å². The van der Waals surface area contributed by atoms with Gasteiger partial charge in [-0.3, -0.25) is 4.79 Å². The van der Waals surface area contributed by atoms with E-state index in [9.17, 15) is 40.5 Å². The zero-order chi connectivity index (χ0) is 53.0. The number of hydrogen-bond acceptors (Lipinski definition) is 14. The molecular weight excluding hydrogens is 933 g/mol. The van der Waals surface area contributed by atoms with Crippen molar-refractivity contribution in [2.45, 2.75) is 210 Å². The van der Waals surface area contributed by atoms with E-state index in [2.05, 4.69) is 135 Å². The van der Waals surface area contributed by atoms with Gasteiger partial charge >= 0.3 is 5.97 Å². The van der Waals surface area contributed by atoms with Crippen molar-refractivity contribution in [1.29, 1.82) is 0 Å². The van der Waals surface area contributed by atoms with Crippen LogP contribution in [0.5, 0.6) is 0 Å². The highest BCUT2D eigenvalue weighted by Gasteiger charge is 2.47. The fourth-order valence-electron chi connectivity index (χ4n) is 7.63. The summed E-state index contributed by atoms with van der Waals surface area (Å²) in [6, 6.07) is 0. The molecule has 0 amide bonds. The Kier molecular flexibility index (Phi) is 40.1. The Morgan fingerprint density at radius 1 is 0.452 bits per heavy atom. The molecule has 0 radical (unpaired) electrons. The number of carbonyl (C=O) groups excluding carboxylic acids is 1. The number of ether oxygens (including phenoxy) is 6. The monoisotopic (exact) mass is 1030 g/mol. The van der Waals surface area contributed by atoms with Gasteiger partial charge in [0.1, 0.15) is 54.9 Å². The molecule has 2 heterocycles. The lowest BCUT2D eigenvalue weighted by Crippen LogP contribution is -2.61. The molecule has 73 heavy (non-hydrogen) atoms. The van der Waals surface area contributed by atoms with Crippen LogP contribution in [0.3, 0.4) is 0 Å². The molecule has 2 aliphatic rings. The maximum Gasteiger partial charge on any atom is 0.306 e. The van der Waals surface area contributed by atoms with E-state index in [-0.39, 0.29) is 19.6 Å². The van der Waals surface area contributed by atoms with Crippen LogP contribution in [-0.2, 0) is 33.2 Å². The van der Waals surface area contributed by atoms with Crippen molar-refractivity contribution < 1.29 is 69.0 Å². The van der Waals surface area contributed by atoms with Crippen molar-refractivity contribution in [3.63, 3.8) is 0 Å². The second kappa shape index (κ2) is 44.7. The highest BCUT2D eigenvalue weighted by Crippen LogP contribution is 2.26. The van der Waals surface area contributed by atoms with Crippen LogP contribution in [0, 0.1) is 0 Å². The maximum atomic E-state index is 13.0. The number of aliphatic hydroxyl groups is 7. The summed E-state index contributed by atoms with van der Waals surface area (Å²) < 4.78 is 34.2. The van der Waals surface area contributed by atoms with Gasteiger partial charge in [0.2, 0.25) is 0 Å². The second-order valence-corrected chi connectivity index (χ2v) is 18.3. The molecule has 7 N–H and O–H groups in total. The average Bonchev–Trinajstić information content (AvgIpc) is 3.39. The van der Waals surface area contributed by atoms with E-state index < -0.39 is 86.7 Å². The molecule has 14 nitrogen and oxygen atoms in total. The molecule has 2 aliphatic heterocycles. The number of unbranched alkanes of at least 4 members (excludes halogenated alkanes) is 7. The first-order valence-electron chi connectivity index (χ1n) is 27.1. The van der Waals surface area contributed by atoms with E-state index in [0.717, 1.165) is 116 Å². The third-order valence-corrected chi connectivity index (χ3v) is 12.0. The van der Waals surface area contributed by atoms with Gasteiger partial charge in [-0.25, -0.2) is 0 Å². The Balaban J connectivity index is 1.79. The van der Waals surface area contributed by atoms with Crippen LogP contribution in [0.2, 0.25) is 0 Å². The van der Waals surface area contributed by atoms with Crippen molar-refractivity contribution in [2.24, 2.45) is 0 Å². The molecule has 2 rings (SSSR count). The fraction of sp³-hybridized carbons (Fsp3) is 0.644. The third-order valence-electron chi connectivity index (χ3n) is 12.0. The largest absolute Gasteiger partial charge is 0.457 e. The number of rotatable bonds is 41. The zero-order valence-corrected chi connectivity index (χ0v) is 44.1. The average molecular weight is 1030 g/mol. The first-order chi connectivity index (χ1) is 35.6. The van der Waals surface area contributed by atoms with Crippen molar-refractivity contribution in [3.8, 4) is 0 Å². The van der Waals surface area contributed by atoms with Gasteiger partial charge < -0.3 is 64.2 Å². The first kappa shape index (κ1) is 65.5. The Morgan fingerprint density at radius 3 is 1.33 bits per heavy atom. The molecule has 2 saturated heterocycles. The highest BCUT2D eigenvalue weighted by molar-refractivity contribution is 5.69. The first-order valence-corrected chi connectivity index (χ1v) is 27.1. The lowest BCUT2D eigenvalue weighted by molar-refractivity contribution is -0.332. The van der Waals surface area contributed by atoms with Gasteiger partial charge in [0.05, 0.1) is 26.4 Å². The van der Waals surface area contributed by atoms with Crippen LogP contribution in [0.1, 0.15) is 142 Å². The Labute approximate surface area is 437 Å². The van der Waals surface area contributed by atoms with Crippen LogP contribution < -0.4 is 0 Å². The minimum atomic E-state index is -1.73. The van der Waals surface area contributed by atoms with Crippen LogP contribution in [0.15, 0.2) is 122 Å². The smallest absolute Gasteiger partial charge is 0.306 e. The Hall–Kier alpha value is -3.61. The lowest BCUT2D eigenvalue weighted by atomic mass is 9.98. The summed E-state index contributed by atoms with van der Waals surface area (Å²) in [5.74, 6) is -0.416. The maximum absolute atomic E-state index is 13.0. The van der Waals surface area contributed by atoms with E-state index in [1.54, 1.807) is 0 Å². The van der Waals surface area contributed by atoms with E-state index in [1.807, 2.05) is 0 Å². The molecule has 0 bridgehead atoms. The molecule has 0 aliphatic carbocycles. The summed E-state index contributed by atoms with van der Waals surface area (Å²) in [6.07, 6.45) is 45.4. The van der Waals surface area contributed by atoms with Gasteiger partial charge in [0.15, 0.2) is 12.6 Å². The SMILES string of the molecule is CC/C=C\C/C=C\C/C=C\C/C=C\C/C=C\CCCCCCCC(=O)OC(COCCCC/C=C\C/C=C\C/C=C\C/C=C\C/C=C\CC)COC1OC(COC2OC(CO)C(O)C(O)C2O)C(O)C(O)C1O. The van der Waals surface area contributed by atoms with E-state index in [0.29, 0.717) is 13.0 Å². The molecular formula is C59H94O14. The summed E-state index contributed by atoms with van der Waals surface area (Å²) in [7, 11) is 0. The molecule has 14 heteroatoms. The minimum Gasteiger partial charge on any atom is -0.457 e. The normalized spacial score (nSPS) is 25.9. The topological polar surface area (TPSA) is 214 Å². The Bertz CT molecular complexity index is 1660. The second-order valence-electron chi connectivity index (χ2n) is 18.3. The molecule has 0 spiro atoms. The molecule has 0 saturated carbocycles. The van der Waals surface area contributed by atoms with Crippen molar-refractivity contribution >= 4 is 5.97 Å². The van der Waals surface area contributed by atoms with Crippen molar-refractivity contribution in [1.82, 2.24) is 0 Å². The van der Waals surface area contributed by atoms with Gasteiger partial charge in [-0.2, -0.15) is 0 Å². The lowest BCUT2D eigenvalue weighted by Gasteiger charge is -2.42. The van der Waals surface area contributed by atoms with Gasteiger partial charge in [-0.05, 0) is 103 Å². The standard InChI is InChI=1S/C59H94O14/c1-3-5-7-9-11-13-15-17-19-21-23-24-25-26-28-30-32-34-36-38-40-42-51(61)71-48(45-68-43-41-39-37-35-33-31-29-27-22-20-18-16-14-12-10-8-6-4-2)46-69-58-57(67)55(65)53(63)50(73-58)47-70-59-56(66)54(64)52(62)49(44-60)72-59/h5-8,11-14,17-20,23-24,26-29,33,35,48-50,52-60,62-67H,3-4,9-10,15-16,21-22,25,30-32,34,36-47H2,1-2H3/b7-5-,8-6-,13-11-,14-12-,19-17-,20-18-,24-23-,28-26-,29-27-,35-33-. The molecule has 11 atom stereocenters. The Morgan fingerprint density at radius 2 is 0.849 bits per heavy atom. The van der Waals surface area contributed by atoms with Crippen molar-refractivity contribution in [3.05, 3.63) is 122 Å². The molecule has 11 unspecified atom stereocenters. The summed E-state index contributed by atoms with van der Waals surface area (Å²) in [5.41, 5.74) is 0. The van der Waals surface area contributed by atoms with Crippen LogP contribution >= 0.6 is 0 Å². The predicted molar refractivity (Wildman–Crippen MR) is 288 cm³/mol. The summed E-state index contributed by atoms with van der Waals surface area (Å²) in [5, 5.41) is 72.3. The number of allylic oxidation sites excluding steroid dienone is 20. The van der Waals surface area contributed by atoms with Gasteiger partial charge in [0, 0.05) is 13.0 Å². The summed E-state index contributed by atoms with van der Waals surface area (Å²) in [6.45, 7) is 3.29.